The van der Waals surface area contributed by atoms with Crippen LogP contribution in [0.1, 0.15) is 176 Å². The lowest BCUT2D eigenvalue weighted by atomic mass is 9.91. The summed E-state index contributed by atoms with van der Waals surface area (Å²) < 4.78 is 0. The van der Waals surface area contributed by atoms with Crippen LogP contribution in [0.25, 0.3) is 0 Å². The van der Waals surface area contributed by atoms with Crippen molar-refractivity contribution in [2.24, 2.45) is 41.4 Å². The number of carbonyl (C=O) groups is 11. The maximum Gasteiger partial charge on any atom is 0.256 e. The minimum Gasteiger partial charge on any atom is -0.390 e. The van der Waals surface area contributed by atoms with E-state index in [-0.39, 0.29) is 43.4 Å². The van der Waals surface area contributed by atoms with Gasteiger partial charge in [0.05, 0.1) is 6.10 Å². The number of aliphatic hydroxyl groups is 1. The molecule has 1 unspecified atom stereocenters. The van der Waals surface area contributed by atoms with E-state index in [9.17, 15) is 24.3 Å². The summed E-state index contributed by atoms with van der Waals surface area (Å²) in [5, 5.41) is 22.3. The summed E-state index contributed by atoms with van der Waals surface area (Å²) in [7, 11) is 10.1. The van der Waals surface area contributed by atoms with Crippen molar-refractivity contribution in [1.29, 1.82) is 0 Å². The molecule has 24 nitrogen and oxygen atoms in total. The van der Waals surface area contributed by atoms with Crippen LogP contribution < -0.4 is 21.3 Å². The van der Waals surface area contributed by atoms with Crippen LogP contribution in [0.3, 0.4) is 0 Å². The molecule has 0 aromatic heterocycles. The highest BCUT2D eigenvalue weighted by Crippen LogP contribution is 2.28. The third kappa shape index (κ3) is 24.1. The van der Waals surface area contributed by atoms with Crippen LogP contribution in [0.2, 0.25) is 0 Å². The first kappa shape index (κ1) is 86.2. The first-order valence-electron chi connectivity index (χ1n) is 34.4. The summed E-state index contributed by atoms with van der Waals surface area (Å²) in [6, 6.07) is -12.5. The number of thioether (sulfide) groups is 1. The van der Waals surface area contributed by atoms with Gasteiger partial charge in [-0.2, -0.15) is 0 Å². The van der Waals surface area contributed by atoms with Crippen LogP contribution in [0.4, 0.5) is 0 Å². The molecule has 1 rings (SSSR count). The van der Waals surface area contributed by atoms with Crippen LogP contribution in [-0.4, -0.2) is 256 Å². The summed E-state index contributed by atoms with van der Waals surface area (Å²) in [5.41, 5.74) is 0. The van der Waals surface area contributed by atoms with Gasteiger partial charge < -0.3 is 65.6 Å². The van der Waals surface area contributed by atoms with Crippen molar-refractivity contribution in [3.8, 4) is 0 Å². The molecule has 11 amide bonds. The second kappa shape index (κ2) is 40.7. The number of hydrogen-bond donors (Lipinski definition) is 5. The minimum absolute atomic E-state index is 0.00786. The first-order valence-corrected chi connectivity index (χ1v) is 35.4. The number of aliphatic hydroxyl groups excluding tert-OH is 1. The predicted octanol–water partition coefficient (Wildman–Crippen LogP) is 5.06. The van der Waals surface area contributed by atoms with Crippen LogP contribution >= 0.6 is 11.8 Å². The van der Waals surface area contributed by atoms with Gasteiger partial charge in [-0.25, -0.2) is 0 Å². The van der Waals surface area contributed by atoms with E-state index >= 15 is 33.6 Å². The number of allylic oxidation sites excluding steroid dienone is 2. The Morgan fingerprint density at radius 3 is 1.41 bits per heavy atom. The number of nitrogens with zero attached hydrogens (tertiary/aromatic N) is 8. The van der Waals surface area contributed by atoms with Crippen LogP contribution in [0, 0.1) is 41.4 Å². The second-order valence-corrected chi connectivity index (χ2v) is 29.3. The van der Waals surface area contributed by atoms with Gasteiger partial charge in [0.25, 0.3) is 5.91 Å². The standard InChI is InChI=1S/C69H126N12O12S/c1-27-32-34-46(17)57(82)56-61(86)72-49(29-3)63(88)80(26)69(94-36-33-35-81(30-4)31-5)68(93)78(24)55(45(16)28-2)60(85)73-53(43(12)13)66(91)74(20)50(37-40(6)7)59(84)70-47(18)58(83)71-48(19)62(87)75(21)51(38-41(8)9)64(89)76(22)52(39-42(10)11)65(90)77(23)54(44(14)15)67(92)79(56)25/h27,32,40-57,69,82H,28-31,33-39H2,1-26H3,(H,70,84)(H,71,83)(H,72,86)(H,73,85)/t45?,46-,47+,48-,49+,50+,51+,52+,53+,54+,55+,56+,57-,69-/m1/s1. The van der Waals surface area contributed by atoms with Crippen molar-refractivity contribution < 1.29 is 57.8 Å². The molecule has 1 saturated heterocycles. The van der Waals surface area contributed by atoms with Crippen molar-refractivity contribution in [3.05, 3.63) is 12.2 Å². The Balaban J connectivity index is 4.56. The normalized spacial score (nSPS) is 26.6. The summed E-state index contributed by atoms with van der Waals surface area (Å²) in [4.78, 5) is 175. The quantitative estimate of drug-likeness (QED) is 0.0700. The van der Waals surface area contributed by atoms with Gasteiger partial charge in [0.15, 0.2) is 5.37 Å². The van der Waals surface area contributed by atoms with Crippen LogP contribution in [-0.2, 0) is 52.7 Å². The van der Waals surface area contributed by atoms with E-state index in [0.29, 0.717) is 31.6 Å². The Kier molecular flexibility index (Phi) is 37.3. The topological polar surface area (TPSA) is 282 Å². The molecule has 0 aliphatic carbocycles. The second-order valence-electron chi connectivity index (χ2n) is 28.1. The summed E-state index contributed by atoms with van der Waals surface area (Å²) in [6.07, 6.45) is 3.90. The fourth-order valence-corrected chi connectivity index (χ4v) is 13.2. The third-order valence-corrected chi connectivity index (χ3v) is 19.7. The van der Waals surface area contributed by atoms with Crippen molar-refractivity contribution in [2.45, 2.75) is 248 Å². The van der Waals surface area contributed by atoms with Crippen molar-refractivity contribution in [3.63, 3.8) is 0 Å². The average molecular weight is 1350 g/mol. The number of hydrogen-bond acceptors (Lipinski definition) is 14. The van der Waals surface area contributed by atoms with Crippen molar-refractivity contribution in [1.82, 2.24) is 60.5 Å². The lowest BCUT2D eigenvalue weighted by molar-refractivity contribution is -0.157. The van der Waals surface area contributed by atoms with Gasteiger partial charge >= 0.3 is 0 Å². The first-order chi connectivity index (χ1) is 43.7. The van der Waals surface area contributed by atoms with E-state index in [1.165, 1.54) is 104 Å². The number of amides is 11. The van der Waals surface area contributed by atoms with Crippen molar-refractivity contribution >= 4 is 76.7 Å². The molecular weight excluding hydrogens is 1220 g/mol. The zero-order chi connectivity index (χ0) is 72.7. The summed E-state index contributed by atoms with van der Waals surface area (Å²) in [6.45, 7) is 36.4. The number of likely N-dealkylation sites (N-methyl/N-ethyl adjacent to an activating group) is 7. The predicted molar refractivity (Wildman–Crippen MR) is 372 cm³/mol. The molecule has 1 fully saturated rings. The van der Waals surface area contributed by atoms with Gasteiger partial charge in [0, 0.05) is 49.3 Å². The largest absolute Gasteiger partial charge is 0.390 e. The summed E-state index contributed by atoms with van der Waals surface area (Å²) >= 11 is 1.21. The molecule has 0 aromatic carbocycles. The molecule has 0 saturated carbocycles. The lowest BCUT2D eigenvalue weighted by Gasteiger charge is -2.41. The van der Waals surface area contributed by atoms with Gasteiger partial charge in [-0.1, -0.05) is 129 Å². The summed E-state index contributed by atoms with van der Waals surface area (Å²) in [5.74, 6) is -9.68. The van der Waals surface area contributed by atoms with E-state index in [2.05, 4.69) is 40.0 Å². The Labute approximate surface area is 569 Å². The van der Waals surface area contributed by atoms with E-state index in [4.69, 9.17) is 0 Å². The van der Waals surface area contributed by atoms with Crippen LogP contribution in [0.15, 0.2) is 12.2 Å². The Bertz CT molecular complexity index is 2530. The SMILES string of the molecule is CC=CC[C@@H](C)[C@@H](O)[C@H]1C(=O)N[C@@H](CC)C(=O)N(C)[C@H](SCCCN(CC)CC)C(=O)N(C)[C@@H](C(C)CC)C(=O)N[C@@H](C(C)C)C(=O)N(C)[C@@H](CC(C)C)C(=O)N[C@@H](C)C(=O)N[C@H](C)C(=O)N(C)[C@@H](CC(C)C)C(=O)N(C)[C@@H](CC(C)C)C(=O)N(C)[C@@H](C(C)C)C(=O)N1C. The maximum absolute atomic E-state index is 15.4. The maximum atomic E-state index is 15.4. The highest BCUT2D eigenvalue weighted by Gasteiger charge is 2.47. The van der Waals surface area contributed by atoms with E-state index in [1.807, 2.05) is 61.5 Å². The molecule has 0 bridgehead atoms. The zero-order valence-electron chi connectivity index (χ0n) is 62.3. The third-order valence-electron chi connectivity index (χ3n) is 18.4. The van der Waals surface area contributed by atoms with Crippen molar-refractivity contribution in [2.75, 3.05) is 74.7 Å². The van der Waals surface area contributed by atoms with Gasteiger partial charge in [0.1, 0.15) is 60.4 Å². The molecule has 1 aliphatic heterocycles. The molecular formula is C69H126N12O12S. The highest BCUT2D eigenvalue weighted by molar-refractivity contribution is 8.00. The highest BCUT2D eigenvalue weighted by atomic mass is 32.2. The number of nitrogens with one attached hydrogen (secondary N) is 4. The monoisotopic (exact) mass is 1350 g/mol. The zero-order valence-corrected chi connectivity index (χ0v) is 63.1. The lowest BCUT2D eigenvalue weighted by Crippen LogP contribution is -2.64. The fraction of sp³-hybridized carbons (Fsp3) is 0.812. The minimum atomic E-state index is -1.63. The van der Waals surface area contributed by atoms with E-state index in [1.54, 1.807) is 54.5 Å². The fourth-order valence-electron chi connectivity index (χ4n) is 12.0. The molecule has 1 aliphatic rings. The molecule has 94 heavy (non-hydrogen) atoms. The van der Waals surface area contributed by atoms with E-state index in [0.717, 1.165) is 18.0 Å². The van der Waals surface area contributed by atoms with E-state index < -0.39 is 161 Å². The van der Waals surface area contributed by atoms with Crippen LogP contribution in [0.5, 0.6) is 0 Å². The molecule has 0 radical (unpaired) electrons. The smallest absolute Gasteiger partial charge is 0.256 e. The number of rotatable bonds is 22. The molecule has 25 heteroatoms. The number of carbonyl (C=O) groups excluding carboxylic acids is 11. The van der Waals surface area contributed by atoms with Gasteiger partial charge in [-0.3, -0.25) is 52.7 Å². The Morgan fingerprint density at radius 1 is 0.489 bits per heavy atom. The molecule has 14 atom stereocenters. The molecule has 0 aromatic rings. The Morgan fingerprint density at radius 2 is 0.947 bits per heavy atom. The average Bonchev–Trinajstić information content (AvgIpc) is 0.823. The van der Waals surface area contributed by atoms with Gasteiger partial charge in [-0.05, 0) is 126 Å². The molecule has 540 valence electrons. The molecule has 0 spiro atoms. The van der Waals surface area contributed by atoms with Gasteiger partial charge in [0.2, 0.25) is 59.1 Å². The Hall–Kier alpha value is -5.82. The molecule has 1 heterocycles. The van der Waals surface area contributed by atoms with Gasteiger partial charge in [-0.15, -0.1) is 11.8 Å². The molecule has 5 N–H and O–H groups in total.